The van der Waals surface area contributed by atoms with E-state index >= 15 is 0 Å². The summed E-state index contributed by atoms with van der Waals surface area (Å²) in [6, 6.07) is 23.5. The van der Waals surface area contributed by atoms with Gasteiger partial charge in [-0.3, -0.25) is 0 Å². The first kappa shape index (κ1) is 27.6. The largest absolute Gasteiger partial charge is 0.361 e. The van der Waals surface area contributed by atoms with E-state index in [0.29, 0.717) is 0 Å². The summed E-state index contributed by atoms with van der Waals surface area (Å²) < 4.78 is 1.01. The molecule has 212 valence electrons. The van der Waals surface area contributed by atoms with Crippen LogP contribution in [0.15, 0.2) is 81.4 Å². The van der Waals surface area contributed by atoms with Crippen LogP contribution in [0.4, 0.5) is 11.5 Å². The molecule has 6 rings (SSSR count). The van der Waals surface area contributed by atoms with Crippen LogP contribution in [0.25, 0.3) is 0 Å². The highest BCUT2D eigenvalue weighted by molar-refractivity contribution is 9.10. The fraction of sp³-hybridized carbons (Fsp3) is 0.353. The zero-order valence-electron chi connectivity index (χ0n) is 25.1. The van der Waals surface area contributed by atoms with E-state index in [1.54, 1.807) is 0 Å². The molecule has 0 radical (unpaired) electrons. The third-order valence-corrected chi connectivity index (χ3v) is 9.86. The highest BCUT2D eigenvalue weighted by Gasteiger charge is 2.37. The molecule has 5 heterocycles. The standard InChI is InChI=1S/C34H39BrN6/c1-31(2)22-19-29(39-30(22)41-40-21-11-9-20(35)10-12-21)34(7,8)28-18-17-27(38-28)33(5,6)26-16-15-25(37-26)32(3,4)24-14-13-23(31)36-24/h9-19,36-39H,1-8H3. The van der Waals surface area contributed by atoms with Crippen molar-refractivity contribution in [3.63, 3.8) is 0 Å². The van der Waals surface area contributed by atoms with Gasteiger partial charge in [-0.25, -0.2) is 0 Å². The smallest absolute Gasteiger partial charge is 0.157 e. The van der Waals surface area contributed by atoms with Gasteiger partial charge in [0.05, 0.1) is 5.69 Å². The molecule has 8 bridgehead atoms. The first-order valence-corrected chi connectivity index (χ1v) is 15.0. The lowest BCUT2D eigenvalue weighted by molar-refractivity contribution is 0.555. The Kier molecular flexibility index (Phi) is 6.20. The van der Waals surface area contributed by atoms with Crippen molar-refractivity contribution in [2.75, 3.05) is 0 Å². The van der Waals surface area contributed by atoms with Crippen molar-refractivity contribution in [3.8, 4) is 0 Å². The van der Waals surface area contributed by atoms with Crippen molar-refractivity contribution in [1.29, 1.82) is 0 Å². The summed E-state index contributed by atoms with van der Waals surface area (Å²) in [5.74, 6) is 0.765. The van der Waals surface area contributed by atoms with Crippen LogP contribution in [0, 0.1) is 0 Å². The number of nitrogens with zero attached hydrogens (tertiary/aromatic N) is 2. The number of hydrogen-bond donors (Lipinski definition) is 4. The molecule has 7 heteroatoms. The molecule has 4 N–H and O–H groups in total. The zero-order valence-corrected chi connectivity index (χ0v) is 26.7. The number of H-pyrrole nitrogens is 4. The number of aromatic nitrogens is 4. The van der Waals surface area contributed by atoms with Crippen molar-refractivity contribution < 1.29 is 0 Å². The fourth-order valence-corrected chi connectivity index (χ4v) is 6.17. The van der Waals surface area contributed by atoms with Gasteiger partial charge in [0.15, 0.2) is 5.82 Å². The molecule has 1 aliphatic heterocycles. The van der Waals surface area contributed by atoms with Gasteiger partial charge in [-0.15, -0.1) is 10.2 Å². The monoisotopic (exact) mass is 610 g/mol. The first-order chi connectivity index (χ1) is 19.2. The van der Waals surface area contributed by atoms with Crippen molar-refractivity contribution in [3.05, 3.63) is 117 Å². The normalized spacial score (nSPS) is 18.6. The Morgan fingerprint density at radius 3 is 1.29 bits per heavy atom. The van der Waals surface area contributed by atoms with E-state index in [1.807, 2.05) is 24.3 Å². The molecule has 0 unspecified atom stereocenters. The van der Waals surface area contributed by atoms with Gasteiger partial charge in [-0.1, -0.05) is 29.8 Å². The Morgan fingerprint density at radius 1 is 0.463 bits per heavy atom. The number of nitrogens with one attached hydrogen (secondary N) is 4. The predicted molar refractivity (Wildman–Crippen MR) is 170 cm³/mol. The lowest BCUT2D eigenvalue weighted by Gasteiger charge is -2.28. The molecule has 4 aromatic heterocycles. The molecule has 0 saturated carbocycles. The molecule has 5 aromatic rings. The number of halogens is 1. The summed E-state index contributed by atoms with van der Waals surface area (Å²) in [6.45, 7) is 18.1. The van der Waals surface area contributed by atoms with Crippen LogP contribution in [-0.4, -0.2) is 19.9 Å². The topological polar surface area (TPSA) is 87.9 Å². The van der Waals surface area contributed by atoms with Gasteiger partial charge in [-0.2, -0.15) is 0 Å². The Labute approximate surface area is 250 Å². The molecule has 41 heavy (non-hydrogen) atoms. The number of azo groups is 1. The zero-order chi connectivity index (χ0) is 29.4. The van der Waals surface area contributed by atoms with Gasteiger partial charge in [0.2, 0.25) is 0 Å². The van der Waals surface area contributed by atoms with Gasteiger partial charge in [0.1, 0.15) is 0 Å². The summed E-state index contributed by atoms with van der Waals surface area (Å²) in [7, 11) is 0. The van der Waals surface area contributed by atoms with Crippen molar-refractivity contribution in [2.24, 2.45) is 10.2 Å². The third-order valence-electron chi connectivity index (χ3n) is 9.33. The Hall–Kier alpha value is -3.58. The van der Waals surface area contributed by atoms with Crippen molar-refractivity contribution >= 4 is 27.4 Å². The molecule has 1 aromatic carbocycles. The quantitative estimate of drug-likeness (QED) is 0.143. The highest BCUT2D eigenvalue weighted by Crippen LogP contribution is 2.44. The van der Waals surface area contributed by atoms with Gasteiger partial charge >= 0.3 is 0 Å². The van der Waals surface area contributed by atoms with Crippen LogP contribution < -0.4 is 0 Å². The molecule has 6 nitrogen and oxygen atoms in total. The minimum absolute atomic E-state index is 0.229. The van der Waals surface area contributed by atoms with Gasteiger partial charge in [-0.05, 0) is 108 Å². The van der Waals surface area contributed by atoms with E-state index in [9.17, 15) is 0 Å². The third kappa shape index (κ3) is 4.45. The Balaban J connectivity index is 1.57. The second-order valence-electron chi connectivity index (χ2n) is 13.5. The maximum Gasteiger partial charge on any atom is 0.157 e. The van der Waals surface area contributed by atoms with Crippen LogP contribution in [-0.2, 0) is 21.7 Å². The molecule has 0 spiro atoms. The molecule has 1 aliphatic rings. The van der Waals surface area contributed by atoms with Crippen molar-refractivity contribution in [1.82, 2.24) is 19.9 Å². The number of benzene rings is 1. The SMILES string of the molecule is CC1(C)c2ccc([nH]2)C(C)(C)c2ccc([nH]2)C(C)(C)c2cc([nH]c2N=Nc2ccc(Br)cc2)C(C)(C)c2ccc1[nH]2. The predicted octanol–water partition coefficient (Wildman–Crippen LogP) is 9.79. The number of aromatic amines is 4. The molecular weight excluding hydrogens is 572 g/mol. The van der Waals surface area contributed by atoms with Crippen molar-refractivity contribution in [2.45, 2.75) is 77.0 Å². The average molecular weight is 612 g/mol. The molecule has 0 saturated heterocycles. The van der Waals surface area contributed by atoms with Gasteiger partial charge in [0, 0.05) is 71.6 Å². The van der Waals surface area contributed by atoms with Gasteiger partial charge in [0.25, 0.3) is 0 Å². The second-order valence-corrected chi connectivity index (χ2v) is 14.4. The number of rotatable bonds is 2. The van der Waals surface area contributed by atoms with E-state index in [1.165, 1.54) is 17.1 Å². The van der Waals surface area contributed by atoms with Crippen LogP contribution in [0.3, 0.4) is 0 Å². The van der Waals surface area contributed by atoms with E-state index in [2.05, 4.69) is 139 Å². The summed E-state index contributed by atoms with van der Waals surface area (Å²) in [4.78, 5) is 15.1. The number of fused-ring (bicyclic) bond motifs is 8. The van der Waals surface area contributed by atoms with E-state index in [0.717, 1.165) is 44.3 Å². The van der Waals surface area contributed by atoms with E-state index in [-0.39, 0.29) is 21.7 Å². The summed E-state index contributed by atoms with van der Waals surface area (Å²) in [5, 5.41) is 9.40. The van der Waals surface area contributed by atoms with Crippen LogP contribution in [0.5, 0.6) is 0 Å². The van der Waals surface area contributed by atoms with Crippen LogP contribution >= 0.6 is 15.9 Å². The molecule has 0 amide bonds. The second kappa shape index (κ2) is 9.21. The first-order valence-electron chi connectivity index (χ1n) is 14.2. The lowest BCUT2D eigenvalue weighted by atomic mass is 9.80. The molecule has 0 atom stereocenters. The average Bonchev–Trinajstić information content (AvgIpc) is 3.74. The fourth-order valence-electron chi connectivity index (χ4n) is 5.90. The molecule has 0 aliphatic carbocycles. The Morgan fingerprint density at radius 2 is 0.854 bits per heavy atom. The summed E-state index contributed by atoms with van der Waals surface area (Å²) in [6.07, 6.45) is 0. The van der Waals surface area contributed by atoms with Crippen LogP contribution in [0.2, 0.25) is 0 Å². The van der Waals surface area contributed by atoms with Gasteiger partial charge < -0.3 is 19.9 Å². The van der Waals surface area contributed by atoms with E-state index in [4.69, 9.17) is 5.11 Å². The summed E-state index contributed by atoms with van der Waals surface area (Å²) in [5.41, 5.74) is 8.78. The Bertz CT molecular complexity index is 1750. The minimum atomic E-state index is -0.367. The number of hydrogen-bond acceptors (Lipinski definition) is 2. The lowest BCUT2D eigenvalue weighted by Crippen LogP contribution is -2.25. The minimum Gasteiger partial charge on any atom is -0.361 e. The maximum atomic E-state index is 4.79. The maximum absolute atomic E-state index is 4.79. The van der Waals surface area contributed by atoms with Crippen LogP contribution in [0.1, 0.15) is 101 Å². The molecule has 0 fully saturated rings. The highest BCUT2D eigenvalue weighted by atomic mass is 79.9. The van der Waals surface area contributed by atoms with E-state index < -0.39 is 0 Å². The summed E-state index contributed by atoms with van der Waals surface area (Å²) >= 11 is 3.51. The molecular formula is C34H39BrN6.